The van der Waals surface area contributed by atoms with E-state index in [1.165, 1.54) is 173 Å². The molecule has 0 amide bonds. The van der Waals surface area contributed by atoms with E-state index in [1.807, 2.05) is 0 Å². The van der Waals surface area contributed by atoms with Crippen LogP contribution in [0, 0.1) is 0 Å². The van der Waals surface area contributed by atoms with Crippen molar-refractivity contribution in [2.24, 2.45) is 0 Å². The summed E-state index contributed by atoms with van der Waals surface area (Å²) in [5, 5.41) is 0. The van der Waals surface area contributed by atoms with Crippen molar-refractivity contribution in [1.29, 1.82) is 0 Å². The summed E-state index contributed by atoms with van der Waals surface area (Å²) in [6.07, 6.45) is 95.4. The van der Waals surface area contributed by atoms with Crippen molar-refractivity contribution in [2.75, 3.05) is 13.2 Å². The second kappa shape index (κ2) is 69.6. The minimum absolute atomic E-state index is 0.0797. The third kappa shape index (κ3) is 66.9. The zero-order valence-corrected chi connectivity index (χ0v) is 54.0. The monoisotopic (exact) mass is 1140 g/mol. The van der Waals surface area contributed by atoms with Crippen LogP contribution < -0.4 is 0 Å². The van der Waals surface area contributed by atoms with Gasteiger partial charge in [-0.3, -0.25) is 14.4 Å². The second-order valence-corrected chi connectivity index (χ2v) is 23.1. The Kier molecular flexibility index (Phi) is 66.2. The Hall–Kier alpha value is -3.93. The SMILES string of the molecule is CC/C=C\C/C=C\C/C=C\C/C=C\C/C=C\C/C=C\CCCCCCCCCCCCCCCCC(=O)OCC(COC(=O)CCCCCCCCCCCCCC)OC(=O)CCCCCCCC/C=C\C/C=C\C/C=C\CCCCC. The molecule has 1 unspecified atom stereocenters. The van der Waals surface area contributed by atoms with Crippen molar-refractivity contribution in [2.45, 2.75) is 341 Å². The molecule has 6 nitrogen and oxygen atoms in total. The van der Waals surface area contributed by atoms with Crippen LogP contribution in [0.25, 0.3) is 0 Å². The summed E-state index contributed by atoms with van der Waals surface area (Å²) in [4.78, 5) is 38.4. The number of rotatable bonds is 63. The van der Waals surface area contributed by atoms with Gasteiger partial charge in [-0.05, 0) is 109 Å². The molecule has 0 spiro atoms. The summed E-state index contributed by atoms with van der Waals surface area (Å²) in [6, 6.07) is 0. The lowest BCUT2D eigenvalue weighted by Crippen LogP contribution is -2.30. The van der Waals surface area contributed by atoms with Crippen molar-refractivity contribution in [3.05, 3.63) is 109 Å². The summed E-state index contributed by atoms with van der Waals surface area (Å²) in [6.45, 7) is 6.52. The average molecular weight is 1140 g/mol. The maximum Gasteiger partial charge on any atom is 0.306 e. The molecular weight excluding hydrogens is 1010 g/mol. The standard InChI is InChI=1S/C76H130O6/c1-4-7-10-13-16-19-22-25-27-29-31-32-33-34-35-36-37-38-39-40-41-42-43-44-46-47-49-51-54-57-60-63-66-69-75(78)81-72-73(71-80-74(77)68-65-62-59-56-53-24-21-18-15-12-9-6-3)82-76(79)70-67-64-61-58-55-52-50-48-45-30-28-26-23-20-17-14-11-8-5-2/h7,10,16-17,19-20,25-28,31-32,34-35,37-38,45,48,73H,4-6,8-9,11-15,18,21-24,29-30,33,36,39-44,46-47,49-72H2,1-3H3/b10-7-,19-16-,20-17-,27-25-,28-26-,32-31-,35-34-,38-37-,48-45-. The Bertz CT molecular complexity index is 1640. The Labute approximate surface area is 508 Å². The van der Waals surface area contributed by atoms with E-state index in [0.717, 1.165) is 122 Å². The highest BCUT2D eigenvalue weighted by Gasteiger charge is 2.19. The summed E-state index contributed by atoms with van der Waals surface area (Å²) in [7, 11) is 0. The maximum atomic E-state index is 12.9. The quantitative estimate of drug-likeness (QED) is 0.0261. The molecule has 0 radical (unpaired) electrons. The molecule has 0 saturated carbocycles. The first-order valence-electron chi connectivity index (χ1n) is 34.9. The first kappa shape index (κ1) is 78.1. The van der Waals surface area contributed by atoms with Gasteiger partial charge in [0.15, 0.2) is 6.10 Å². The Balaban J connectivity index is 4.21. The molecule has 0 bridgehead atoms. The first-order valence-corrected chi connectivity index (χ1v) is 34.9. The fourth-order valence-electron chi connectivity index (χ4n) is 9.81. The van der Waals surface area contributed by atoms with Gasteiger partial charge in [-0.15, -0.1) is 0 Å². The van der Waals surface area contributed by atoms with Crippen LogP contribution in [0.4, 0.5) is 0 Å². The van der Waals surface area contributed by atoms with E-state index in [0.29, 0.717) is 19.3 Å². The van der Waals surface area contributed by atoms with E-state index < -0.39 is 6.10 Å². The van der Waals surface area contributed by atoms with E-state index in [-0.39, 0.29) is 31.1 Å². The number of carbonyl (C=O) groups excluding carboxylic acids is 3. The number of hydrogen-bond donors (Lipinski definition) is 0. The molecule has 0 aliphatic carbocycles. The van der Waals surface area contributed by atoms with Crippen molar-refractivity contribution >= 4 is 17.9 Å². The molecule has 0 aromatic heterocycles. The molecule has 1 atom stereocenters. The topological polar surface area (TPSA) is 78.9 Å². The summed E-state index contributed by atoms with van der Waals surface area (Å²) >= 11 is 0. The first-order chi connectivity index (χ1) is 40.5. The van der Waals surface area contributed by atoms with Gasteiger partial charge in [-0.25, -0.2) is 0 Å². The van der Waals surface area contributed by atoms with Gasteiger partial charge in [-0.2, -0.15) is 0 Å². The van der Waals surface area contributed by atoms with Crippen LogP contribution in [0.5, 0.6) is 0 Å². The molecule has 0 aromatic rings. The lowest BCUT2D eigenvalue weighted by molar-refractivity contribution is -0.167. The van der Waals surface area contributed by atoms with Crippen LogP contribution in [0.2, 0.25) is 0 Å². The molecule has 470 valence electrons. The van der Waals surface area contributed by atoms with Crippen LogP contribution in [0.15, 0.2) is 109 Å². The Morgan fingerprint density at radius 1 is 0.256 bits per heavy atom. The molecule has 0 aliphatic rings. The fraction of sp³-hybridized carbons (Fsp3) is 0.724. The largest absolute Gasteiger partial charge is 0.462 e. The third-order valence-electron chi connectivity index (χ3n) is 15.0. The highest BCUT2D eigenvalue weighted by molar-refractivity contribution is 5.71. The van der Waals surface area contributed by atoms with Gasteiger partial charge in [0.25, 0.3) is 0 Å². The zero-order valence-electron chi connectivity index (χ0n) is 54.0. The number of allylic oxidation sites excluding steroid dienone is 18. The lowest BCUT2D eigenvalue weighted by Gasteiger charge is -2.18. The lowest BCUT2D eigenvalue weighted by atomic mass is 10.0. The Morgan fingerprint density at radius 2 is 0.476 bits per heavy atom. The number of carbonyl (C=O) groups is 3. The molecule has 0 aromatic carbocycles. The van der Waals surface area contributed by atoms with Crippen molar-refractivity contribution < 1.29 is 28.6 Å². The van der Waals surface area contributed by atoms with Gasteiger partial charge in [0.05, 0.1) is 0 Å². The van der Waals surface area contributed by atoms with Crippen molar-refractivity contribution in [1.82, 2.24) is 0 Å². The molecule has 0 fully saturated rings. The number of hydrogen-bond acceptors (Lipinski definition) is 6. The molecular formula is C76H130O6. The molecule has 82 heavy (non-hydrogen) atoms. The third-order valence-corrected chi connectivity index (χ3v) is 15.0. The Morgan fingerprint density at radius 3 is 0.768 bits per heavy atom. The predicted octanol–water partition coefficient (Wildman–Crippen LogP) is 24.2. The second-order valence-electron chi connectivity index (χ2n) is 23.1. The van der Waals surface area contributed by atoms with Crippen LogP contribution in [0.1, 0.15) is 335 Å². The minimum Gasteiger partial charge on any atom is -0.462 e. The number of ether oxygens (including phenoxy) is 3. The highest BCUT2D eigenvalue weighted by atomic mass is 16.6. The van der Waals surface area contributed by atoms with E-state index in [1.54, 1.807) is 0 Å². The van der Waals surface area contributed by atoms with E-state index in [4.69, 9.17) is 14.2 Å². The normalized spacial score (nSPS) is 12.8. The van der Waals surface area contributed by atoms with Crippen LogP contribution in [0.3, 0.4) is 0 Å². The average Bonchev–Trinajstić information content (AvgIpc) is 3.47. The predicted molar refractivity (Wildman–Crippen MR) is 357 cm³/mol. The van der Waals surface area contributed by atoms with E-state index >= 15 is 0 Å². The molecule has 0 heterocycles. The summed E-state index contributed by atoms with van der Waals surface area (Å²) in [5.74, 6) is -0.880. The van der Waals surface area contributed by atoms with Gasteiger partial charge in [0, 0.05) is 19.3 Å². The van der Waals surface area contributed by atoms with Crippen LogP contribution in [-0.2, 0) is 28.6 Å². The fourth-order valence-corrected chi connectivity index (χ4v) is 9.81. The van der Waals surface area contributed by atoms with Crippen LogP contribution >= 0.6 is 0 Å². The van der Waals surface area contributed by atoms with Gasteiger partial charge in [0.2, 0.25) is 0 Å². The zero-order chi connectivity index (χ0) is 59.2. The molecule has 0 saturated heterocycles. The maximum absolute atomic E-state index is 12.9. The molecule has 0 N–H and O–H groups in total. The number of unbranched alkanes of at least 4 members (excludes halogenated alkanes) is 34. The smallest absolute Gasteiger partial charge is 0.306 e. The molecule has 0 aliphatic heterocycles. The summed E-state index contributed by atoms with van der Waals surface area (Å²) in [5.41, 5.74) is 0. The van der Waals surface area contributed by atoms with Crippen LogP contribution in [-0.4, -0.2) is 37.2 Å². The van der Waals surface area contributed by atoms with Gasteiger partial charge >= 0.3 is 17.9 Å². The van der Waals surface area contributed by atoms with Crippen molar-refractivity contribution in [3.63, 3.8) is 0 Å². The van der Waals surface area contributed by atoms with Gasteiger partial charge in [0.1, 0.15) is 13.2 Å². The van der Waals surface area contributed by atoms with Crippen molar-refractivity contribution in [3.8, 4) is 0 Å². The van der Waals surface area contributed by atoms with E-state index in [2.05, 4.69) is 130 Å². The van der Waals surface area contributed by atoms with Gasteiger partial charge in [-0.1, -0.05) is 316 Å². The molecule has 0 rings (SSSR count). The summed E-state index contributed by atoms with van der Waals surface area (Å²) < 4.78 is 16.9. The van der Waals surface area contributed by atoms with Gasteiger partial charge < -0.3 is 14.2 Å². The highest BCUT2D eigenvalue weighted by Crippen LogP contribution is 2.17. The van der Waals surface area contributed by atoms with E-state index in [9.17, 15) is 14.4 Å². The molecule has 6 heteroatoms. The minimum atomic E-state index is -0.785. The number of esters is 3.